The number of carbonyl (C=O) groups is 3. The van der Waals surface area contributed by atoms with E-state index in [4.69, 9.17) is 0 Å². The summed E-state index contributed by atoms with van der Waals surface area (Å²) in [7, 11) is -3.58. The number of para-hydroxylation sites is 1. The highest BCUT2D eigenvalue weighted by Gasteiger charge is 2.38. The molecule has 0 radical (unpaired) electrons. The van der Waals surface area contributed by atoms with Crippen molar-refractivity contribution in [2.75, 3.05) is 23.3 Å². The van der Waals surface area contributed by atoms with Crippen LogP contribution in [0.3, 0.4) is 0 Å². The van der Waals surface area contributed by atoms with Crippen LogP contribution in [-0.2, 0) is 10.0 Å². The third-order valence-corrected chi connectivity index (χ3v) is 9.30. The zero-order chi connectivity index (χ0) is 25.7. The predicted octanol–water partition coefficient (Wildman–Crippen LogP) is 4.13. The Morgan fingerprint density at radius 3 is 2.24 bits per heavy atom. The molecule has 4 aromatic rings. The van der Waals surface area contributed by atoms with Crippen molar-refractivity contribution in [2.24, 2.45) is 0 Å². The Labute approximate surface area is 216 Å². The summed E-state index contributed by atoms with van der Waals surface area (Å²) in [6.45, 7) is 1.02. The first kappa shape index (κ1) is 23.5. The van der Waals surface area contributed by atoms with Crippen molar-refractivity contribution in [3.8, 4) is 0 Å². The number of aromatic nitrogens is 1. The van der Waals surface area contributed by atoms with Gasteiger partial charge < -0.3 is 0 Å². The number of hydrogen-bond donors (Lipinski definition) is 1. The number of imide groups is 1. The summed E-state index contributed by atoms with van der Waals surface area (Å²) >= 11 is 1.15. The number of nitrogens with zero attached hydrogens (tertiary/aromatic N) is 3. The lowest BCUT2D eigenvalue weighted by molar-refractivity contribution is 0.0926. The Kier molecular flexibility index (Phi) is 5.63. The average molecular weight is 533 g/mol. The Balaban J connectivity index is 1.29. The van der Waals surface area contributed by atoms with Gasteiger partial charge in [0.1, 0.15) is 0 Å². The van der Waals surface area contributed by atoms with Gasteiger partial charge in [0, 0.05) is 13.1 Å². The fraction of sp³-hybridized carbons (Fsp3) is 0.154. The first-order valence-corrected chi connectivity index (χ1v) is 13.9. The molecule has 0 spiro atoms. The summed E-state index contributed by atoms with van der Waals surface area (Å²) in [5, 5.41) is 3.01. The van der Waals surface area contributed by atoms with Crippen LogP contribution in [0.5, 0.6) is 0 Å². The second-order valence-corrected chi connectivity index (χ2v) is 11.7. The molecule has 6 rings (SSSR count). The van der Waals surface area contributed by atoms with Crippen LogP contribution in [0.2, 0.25) is 0 Å². The molecule has 186 valence electrons. The van der Waals surface area contributed by atoms with Crippen molar-refractivity contribution < 1.29 is 22.8 Å². The minimum atomic E-state index is -3.58. The summed E-state index contributed by atoms with van der Waals surface area (Å²) in [5.74, 6) is -1.53. The highest BCUT2D eigenvalue weighted by atomic mass is 32.2. The second kappa shape index (κ2) is 8.87. The number of carbonyl (C=O) groups excluding carboxylic acids is 3. The maximum atomic E-state index is 13.3. The van der Waals surface area contributed by atoms with Gasteiger partial charge >= 0.3 is 0 Å². The third kappa shape index (κ3) is 3.91. The van der Waals surface area contributed by atoms with Crippen LogP contribution >= 0.6 is 11.3 Å². The molecule has 0 unspecified atom stereocenters. The van der Waals surface area contributed by atoms with Crippen molar-refractivity contribution >= 4 is 60.1 Å². The average Bonchev–Trinajstić information content (AvgIpc) is 3.63. The second-order valence-electron chi connectivity index (χ2n) is 8.72. The number of nitrogens with one attached hydrogen (secondary N) is 1. The van der Waals surface area contributed by atoms with E-state index in [-0.39, 0.29) is 32.4 Å². The molecule has 1 saturated heterocycles. The predicted molar refractivity (Wildman–Crippen MR) is 140 cm³/mol. The van der Waals surface area contributed by atoms with Gasteiger partial charge in [-0.05, 0) is 55.3 Å². The largest absolute Gasteiger partial charge is 0.298 e. The smallest absolute Gasteiger partial charge is 0.266 e. The molecule has 0 atom stereocenters. The first-order chi connectivity index (χ1) is 17.8. The highest BCUT2D eigenvalue weighted by molar-refractivity contribution is 7.89. The summed E-state index contributed by atoms with van der Waals surface area (Å²) in [5.41, 5.74) is 1.43. The Hall–Kier alpha value is -3.93. The highest BCUT2D eigenvalue weighted by Crippen LogP contribution is 2.33. The lowest BCUT2D eigenvalue weighted by Gasteiger charge is -2.17. The molecule has 0 saturated carbocycles. The van der Waals surface area contributed by atoms with Gasteiger partial charge in [-0.25, -0.2) is 18.3 Å². The van der Waals surface area contributed by atoms with Crippen molar-refractivity contribution in [1.82, 2.24) is 9.29 Å². The maximum absolute atomic E-state index is 13.3. The topological polar surface area (TPSA) is 117 Å². The van der Waals surface area contributed by atoms with E-state index in [2.05, 4.69) is 10.3 Å². The number of rotatable bonds is 5. The molecule has 1 fully saturated rings. The summed E-state index contributed by atoms with van der Waals surface area (Å²) < 4.78 is 27.9. The molecule has 3 aromatic carbocycles. The fourth-order valence-electron chi connectivity index (χ4n) is 4.63. The van der Waals surface area contributed by atoms with Gasteiger partial charge in [-0.2, -0.15) is 4.31 Å². The number of benzene rings is 3. The molecule has 0 aliphatic carbocycles. The van der Waals surface area contributed by atoms with E-state index in [9.17, 15) is 22.8 Å². The third-order valence-electron chi connectivity index (χ3n) is 6.47. The van der Waals surface area contributed by atoms with E-state index in [0.29, 0.717) is 23.3 Å². The Morgan fingerprint density at radius 1 is 0.892 bits per heavy atom. The quantitative estimate of drug-likeness (QED) is 0.386. The summed E-state index contributed by atoms with van der Waals surface area (Å²) in [6, 6.07) is 17.6. The fourth-order valence-corrected chi connectivity index (χ4v) is 7.15. The summed E-state index contributed by atoms with van der Waals surface area (Å²) in [4.78, 5) is 44.8. The molecule has 3 heterocycles. The van der Waals surface area contributed by atoms with Crippen molar-refractivity contribution in [1.29, 1.82) is 0 Å². The van der Waals surface area contributed by atoms with Crippen molar-refractivity contribution in [3.63, 3.8) is 0 Å². The zero-order valence-corrected chi connectivity index (χ0v) is 21.0. The van der Waals surface area contributed by atoms with Gasteiger partial charge in [0.2, 0.25) is 10.0 Å². The monoisotopic (exact) mass is 532 g/mol. The number of amides is 3. The number of sulfonamides is 1. The normalized spacial score (nSPS) is 15.9. The van der Waals surface area contributed by atoms with Gasteiger partial charge in [-0.15, -0.1) is 0 Å². The van der Waals surface area contributed by atoms with Gasteiger partial charge in [0.25, 0.3) is 17.7 Å². The number of anilines is 2. The minimum absolute atomic E-state index is 0.133. The van der Waals surface area contributed by atoms with Crippen LogP contribution in [0, 0.1) is 0 Å². The Bertz CT molecular complexity index is 1670. The molecule has 2 aliphatic heterocycles. The molecule has 3 amide bonds. The maximum Gasteiger partial charge on any atom is 0.266 e. The molecule has 9 nitrogen and oxygen atoms in total. The van der Waals surface area contributed by atoms with Gasteiger partial charge in [0.15, 0.2) is 5.13 Å². The molecular weight excluding hydrogens is 512 g/mol. The zero-order valence-electron chi connectivity index (χ0n) is 19.4. The SMILES string of the molecule is O=C(Nc1nc2ccc(S(=O)(=O)N3CCCC3)cc2s1)c1ccccc1N1C(=O)c2ccccc2C1=O. The number of thiazole rings is 1. The molecule has 0 bridgehead atoms. The van der Waals surface area contributed by atoms with Crippen LogP contribution in [0.1, 0.15) is 43.9 Å². The van der Waals surface area contributed by atoms with Crippen LogP contribution < -0.4 is 10.2 Å². The minimum Gasteiger partial charge on any atom is -0.298 e. The van der Waals surface area contributed by atoms with Crippen LogP contribution in [0.4, 0.5) is 10.8 Å². The van der Waals surface area contributed by atoms with Crippen LogP contribution in [0.25, 0.3) is 10.2 Å². The van der Waals surface area contributed by atoms with Gasteiger partial charge in [-0.3, -0.25) is 19.7 Å². The lowest BCUT2D eigenvalue weighted by Crippen LogP contribution is -2.31. The standard InChI is InChI=1S/C26H20N4O5S2/c31-23(19-9-3-4-10-21(19)30-24(32)17-7-1-2-8-18(17)25(30)33)28-26-27-20-12-11-16(15-22(20)36-26)37(34,35)29-13-5-6-14-29/h1-4,7-12,15H,5-6,13-14H2,(H,27,28,31). The van der Waals surface area contributed by atoms with E-state index in [1.807, 2.05) is 0 Å². The van der Waals surface area contributed by atoms with Crippen molar-refractivity contribution in [2.45, 2.75) is 17.7 Å². The van der Waals surface area contributed by atoms with Crippen molar-refractivity contribution in [3.05, 3.63) is 83.4 Å². The molecule has 2 aliphatic rings. The lowest BCUT2D eigenvalue weighted by atomic mass is 10.1. The molecule has 37 heavy (non-hydrogen) atoms. The van der Waals surface area contributed by atoms with Crippen LogP contribution in [-0.4, -0.2) is 48.5 Å². The molecule has 1 N–H and O–H groups in total. The molecular formula is C26H20N4O5S2. The first-order valence-electron chi connectivity index (χ1n) is 11.6. The van der Waals surface area contributed by atoms with E-state index in [0.717, 1.165) is 29.1 Å². The molecule has 11 heteroatoms. The van der Waals surface area contributed by atoms with E-state index < -0.39 is 27.7 Å². The summed E-state index contributed by atoms with van der Waals surface area (Å²) in [6.07, 6.45) is 1.70. The van der Waals surface area contributed by atoms with Gasteiger partial charge in [-0.1, -0.05) is 35.6 Å². The van der Waals surface area contributed by atoms with E-state index in [1.54, 1.807) is 54.6 Å². The number of hydrogen-bond acceptors (Lipinski definition) is 7. The van der Waals surface area contributed by atoms with E-state index >= 15 is 0 Å². The number of fused-ring (bicyclic) bond motifs is 2. The Morgan fingerprint density at radius 2 is 1.54 bits per heavy atom. The van der Waals surface area contributed by atoms with Crippen LogP contribution in [0.15, 0.2) is 71.6 Å². The van der Waals surface area contributed by atoms with E-state index in [1.165, 1.54) is 16.4 Å². The van der Waals surface area contributed by atoms with Gasteiger partial charge in [0.05, 0.1) is 37.5 Å². The molecule has 1 aromatic heterocycles.